The third kappa shape index (κ3) is 4.75. The average Bonchev–Trinajstić information content (AvgIpc) is 3.12. The largest absolute Gasteiger partial charge is 0.489 e. The fourth-order valence-electron chi connectivity index (χ4n) is 3.47. The summed E-state index contributed by atoms with van der Waals surface area (Å²) in [4.78, 5) is 15.4. The van der Waals surface area contributed by atoms with Crippen molar-refractivity contribution in [1.82, 2.24) is 4.57 Å². The number of oxime groups is 1. The van der Waals surface area contributed by atoms with Crippen LogP contribution < -0.4 is 4.74 Å². The van der Waals surface area contributed by atoms with Gasteiger partial charge in [-0.3, -0.25) is 0 Å². The van der Waals surface area contributed by atoms with Gasteiger partial charge in [0, 0.05) is 29.2 Å². The second kappa shape index (κ2) is 9.17. The van der Waals surface area contributed by atoms with Gasteiger partial charge in [-0.1, -0.05) is 47.6 Å². The zero-order chi connectivity index (χ0) is 21.6. The molecule has 1 N–H and O–H groups in total. The molecule has 4 rings (SSSR count). The predicted octanol–water partition coefficient (Wildman–Crippen LogP) is 4.99. The summed E-state index contributed by atoms with van der Waals surface area (Å²) in [5.74, 6) is -0.339. The molecule has 0 atom stereocenters. The highest BCUT2D eigenvalue weighted by Crippen LogP contribution is 2.26. The van der Waals surface area contributed by atoms with Crippen LogP contribution in [-0.2, 0) is 22.8 Å². The molecule has 0 bridgehead atoms. The van der Waals surface area contributed by atoms with Crippen molar-refractivity contribution in [3.8, 4) is 5.75 Å². The van der Waals surface area contributed by atoms with Gasteiger partial charge in [0.1, 0.15) is 12.4 Å². The van der Waals surface area contributed by atoms with E-state index < -0.39 is 12.6 Å². The van der Waals surface area contributed by atoms with Crippen molar-refractivity contribution < 1.29 is 19.5 Å². The van der Waals surface area contributed by atoms with Crippen LogP contribution in [0.3, 0.4) is 0 Å². The summed E-state index contributed by atoms with van der Waals surface area (Å²) in [7, 11) is 0. The van der Waals surface area contributed by atoms with Gasteiger partial charge in [-0.2, -0.15) is 0 Å². The molecule has 31 heavy (non-hydrogen) atoms. The van der Waals surface area contributed by atoms with Gasteiger partial charge in [-0.05, 0) is 40.6 Å². The van der Waals surface area contributed by atoms with Crippen molar-refractivity contribution in [2.45, 2.75) is 13.2 Å². The first kappa shape index (κ1) is 20.2. The van der Waals surface area contributed by atoms with E-state index in [4.69, 9.17) is 14.7 Å². The summed E-state index contributed by atoms with van der Waals surface area (Å²) in [5.41, 5.74) is 2.89. The Labute approximate surface area is 179 Å². The fraction of sp³-hybridized carbons (Fsp3) is 0.120. The molecule has 4 aromatic rings. The molecule has 0 amide bonds. The standard InChI is InChI=1S/C25H22N2O4/c1-2-11-27-15-21(14-26-31-17-25(28)29)23-13-22(9-10-24(23)27)30-16-18-7-8-19-5-3-4-6-20(19)12-18/h2-10,12-15H,1,11,16-17H2,(H,28,29)/b26-14+. The molecule has 0 aliphatic carbocycles. The summed E-state index contributed by atoms with van der Waals surface area (Å²) in [6.07, 6.45) is 5.25. The van der Waals surface area contributed by atoms with E-state index in [0.717, 1.165) is 27.8 Å². The minimum Gasteiger partial charge on any atom is -0.489 e. The number of allylic oxidation sites excluding steroid dienone is 1. The van der Waals surface area contributed by atoms with E-state index in [1.54, 1.807) is 0 Å². The second-order valence-corrected chi connectivity index (χ2v) is 7.08. The van der Waals surface area contributed by atoms with E-state index in [1.807, 2.05) is 47.2 Å². The second-order valence-electron chi connectivity index (χ2n) is 7.08. The van der Waals surface area contributed by atoms with Gasteiger partial charge in [0.15, 0.2) is 0 Å². The van der Waals surface area contributed by atoms with E-state index in [1.165, 1.54) is 17.0 Å². The van der Waals surface area contributed by atoms with Crippen LogP contribution in [0.5, 0.6) is 5.75 Å². The van der Waals surface area contributed by atoms with E-state index in [2.05, 4.69) is 42.1 Å². The molecule has 0 aliphatic rings. The highest BCUT2D eigenvalue weighted by molar-refractivity contribution is 6.00. The number of carbonyl (C=O) groups is 1. The van der Waals surface area contributed by atoms with Crippen molar-refractivity contribution >= 4 is 33.9 Å². The number of aromatic nitrogens is 1. The number of carboxylic acids is 1. The summed E-state index contributed by atoms with van der Waals surface area (Å²) in [6, 6.07) is 20.4. The summed E-state index contributed by atoms with van der Waals surface area (Å²) in [5, 5.41) is 15.8. The topological polar surface area (TPSA) is 73.1 Å². The number of carboxylic acid groups (broad SMARTS) is 1. The molecule has 0 saturated heterocycles. The van der Waals surface area contributed by atoms with E-state index >= 15 is 0 Å². The van der Waals surface area contributed by atoms with Gasteiger partial charge < -0.3 is 19.2 Å². The predicted molar refractivity (Wildman–Crippen MR) is 122 cm³/mol. The number of ether oxygens (including phenoxy) is 1. The van der Waals surface area contributed by atoms with Gasteiger partial charge in [-0.25, -0.2) is 4.79 Å². The Morgan fingerprint density at radius 3 is 2.74 bits per heavy atom. The van der Waals surface area contributed by atoms with Crippen LogP contribution in [0.25, 0.3) is 21.7 Å². The Morgan fingerprint density at radius 1 is 1.10 bits per heavy atom. The lowest BCUT2D eigenvalue weighted by Gasteiger charge is -2.08. The fourth-order valence-corrected chi connectivity index (χ4v) is 3.47. The lowest BCUT2D eigenvalue weighted by molar-refractivity contribution is -0.142. The first-order valence-corrected chi connectivity index (χ1v) is 9.85. The highest BCUT2D eigenvalue weighted by atomic mass is 16.6. The lowest BCUT2D eigenvalue weighted by atomic mass is 10.1. The normalized spacial score (nSPS) is 11.2. The van der Waals surface area contributed by atoms with Crippen molar-refractivity contribution in [2.24, 2.45) is 5.16 Å². The van der Waals surface area contributed by atoms with Gasteiger partial charge in [0.05, 0.1) is 6.21 Å². The molecule has 1 heterocycles. The lowest BCUT2D eigenvalue weighted by Crippen LogP contribution is -2.03. The number of rotatable bonds is 9. The van der Waals surface area contributed by atoms with Crippen LogP contribution in [0.4, 0.5) is 0 Å². The van der Waals surface area contributed by atoms with Crippen LogP contribution in [-0.4, -0.2) is 28.5 Å². The average molecular weight is 414 g/mol. The Balaban J connectivity index is 1.56. The molecule has 0 spiro atoms. The molecule has 6 heteroatoms. The maximum Gasteiger partial charge on any atom is 0.344 e. The quantitative estimate of drug-likeness (QED) is 0.238. The minimum absolute atomic E-state index is 0.453. The monoisotopic (exact) mass is 414 g/mol. The van der Waals surface area contributed by atoms with Crippen LogP contribution >= 0.6 is 0 Å². The third-order valence-corrected chi connectivity index (χ3v) is 4.88. The van der Waals surface area contributed by atoms with Gasteiger partial charge in [-0.15, -0.1) is 6.58 Å². The van der Waals surface area contributed by atoms with Crippen LogP contribution in [0, 0.1) is 0 Å². The van der Waals surface area contributed by atoms with E-state index in [-0.39, 0.29) is 0 Å². The Hall–Kier alpha value is -4.06. The van der Waals surface area contributed by atoms with E-state index in [0.29, 0.717) is 13.2 Å². The van der Waals surface area contributed by atoms with Crippen molar-refractivity contribution in [3.63, 3.8) is 0 Å². The summed E-state index contributed by atoms with van der Waals surface area (Å²) in [6.45, 7) is 4.41. The maximum absolute atomic E-state index is 10.6. The van der Waals surface area contributed by atoms with Gasteiger partial charge >= 0.3 is 5.97 Å². The molecule has 0 saturated carbocycles. The summed E-state index contributed by atoms with van der Waals surface area (Å²) < 4.78 is 8.08. The van der Waals surface area contributed by atoms with Crippen LogP contribution in [0.2, 0.25) is 0 Å². The van der Waals surface area contributed by atoms with Crippen LogP contribution in [0.15, 0.2) is 84.7 Å². The number of nitrogens with zero attached hydrogens (tertiary/aromatic N) is 2. The number of benzene rings is 3. The highest BCUT2D eigenvalue weighted by Gasteiger charge is 2.09. The Bertz CT molecular complexity index is 1270. The molecule has 3 aromatic carbocycles. The molecule has 0 fully saturated rings. The molecule has 0 unspecified atom stereocenters. The van der Waals surface area contributed by atoms with Crippen molar-refractivity contribution in [1.29, 1.82) is 0 Å². The van der Waals surface area contributed by atoms with Crippen molar-refractivity contribution in [3.05, 3.63) is 90.6 Å². The first-order chi connectivity index (χ1) is 15.1. The molecular weight excluding hydrogens is 392 g/mol. The number of hydrogen-bond donors (Lipinski definition) is 1. The zero-order valence-electron chi connectivity index (χ0n) is 16.9. The Kier molecular flexibility index (Phi) is 5.98. The molecule has 0 aliphatic heterocycles. The van der Waals surface area contributed by atoms with E-state index in [9.17, 15) is 4.79 Å². The Morgan fingerprint density at radius 2 is 1.94 bits per heavy atom. The zero-order valence-corrected chi connectivity index (χ0v) is 16.9. The van der Waals surface area contributed by atoms with Gasteiger partial charge in [0.25, 0.3) is 0 Å². The van der Waals surface area contributed by atoms with Crippen molar-refractivity contribution in [2.75, 3.05) is 6.61 Å². The molecular formula is C25H22N2O4. The third-order valence-electron chi connectivity index (χ3n) is 4.88. The molecule has 156 valence electrons. The number of aliphatic carboxylic acids is 1. The number of hydrogen-bond acceptors (Lipinski definition) is 4. The number of fused-ring (bicyclic) bond motifs is 2. The maximum atomic E-state index is 10.6. The smallest absolute Gasteiger partial charge is 0.344 e. The molecule has 6 nitrogen and oxygen atoms in total. The molecule has 0 radical (unpaired) electrons. The SMILES string of the molecule is C=CCn1cc(/C=N/OCC(=O)O)c2cc(OCc3ccc4ccccc4c3)ccc21. The summed E-state index contributed by atoms with van der Waals surface area (Å²) >= 11 is 0. The van der Waals surface area contributed by atoms with Gasteiger partial charge in [0.2, 0.25) is 6.61 Å². The minimum atomic E-state index is -1.07. The van der Waals surface area contributed by atoms with Crippen LogP contribution in [0.1, 0.15) is 11.1 Å². The first-order valence-electron chi connectivity index (χ1n) is 9.85. The molecule has 1 aromatic heterocycles.